The zero-order chi connectivity index (χ0) is 13.9. The first kappa shape index (κ1) is 13.4. The van der Waals surface area contributed by atoms with E-state index in [1.807, 2.05) is 0 Å². The number of hydrogen-bond donors (Lipinski definition) is 1. The molecular formula is C11H7ClF3N3O. The number of anilines is 2. The van der Waals surface area contributed by atoms with Crippen molar-refractivity contribution in [3.63, 3.8) is 0 Å². The quantitative estimate of drug-likeness (QED) is 0.874. The highest BCUT2D eigenvalue weighted by molar-refractivity contribution is 6.28. The van der Waals surface area contributed by atoms with Gasteiger partial charge in [-0.05, 0) is 29.8 Å². The molecular weight excluding hydrogens is 283 g/mol. The molecule has 1 aromatic carbocycles. The molecule has 2 rings (SSSR count). The van der Waals surface area contributed by atoms with Gasteiger partial charge in [0.2, 0.25) is 5.28 Å². The van der Waals surface area contributed by atoms with Crippen LogP contribution in [0.4, 0.5) is 24.7 Å². The molecule has 1 aromatic heterocycles. The van der Waals surface area contributed by atoms with Gasteiger partial charge in [0, 0.05) is 18.0 Å². The molecule has 1 heterocycles. The molecule has 0 spiro atoms. The highest BCUT2D eigenvalue weighted by atomic mass is 35.5. The SMILES string of the molecule is FC(F)(F)Oc1cccc(Nc2ccnc(Cl)n2)c1. The van der Waals surface area contributed by atoms with Crippen LogP contribution >= 0.6 is 11.6 Å². The fourth-order valence-corrected chi connectivity index (χ4v) is 1.47. The van der Waals surface area contributed by atoms with E-state index in [4.69, 9.17) is 11.6 Å². The summed E-state index contributed by atoms with van der Waals surface area (Å²) in [5, 5.41) is 2.82. The van der Waals surface area contributed by atoms with E-state index in [1.54, 1.807) is 6.07 Å². The molecule has 0 radical (unpaired) electrons. The number of hydrogen-bond acceptors (Lipinski definition) is 4. The molecule has 100 valence electrons. The standard InChI is InChI=1S/C11H7ClF3N3O/c12-10-16-5-4-9(18-10)17-7-2-1-3-8(6-7)19-11(13,14)15/h1-6H,(H,16,17,18). The summed E-state index contributed by atoms with van der Waals surface area (Å²) in [6.45, 7) is 0. The third-order valence-corrected chi connectivity index (χ3v) is 2.15. The van der Waals surface area contributed by atoms with Crippen LogP contribution in [0.15, 0.2) is 36.5 Å². The minimum absolute atomic E-state index is 0.0349. The minimum atomic E-state index is -4.73. The number of benzene rings is 1. The molecule has 1 N–H and O–H groups in total. The molecule has 4 nitrogen and oxygen atoms in total. The van der Waals surface area contributed by atoms with E-state index in [9.17, 15) is 13.2 Å². The van der Waals surface area contributed by atoms with Crippen molar-refractivity contribution in [3.8, 4) is 5.75 Å². The van der Waals surface area contributed by atoms with Crippen molar-refractivity contribution < 1.29 is 17.9 Å². The molecule has 0 unspecified atom stereocenters. The second-order valence-electron chi connectivity index (χ2n) is 3.41. The lowest BCUT2D eigenvalue weighted by Gasteiger charge is -2.10. The smallest absolute Gasteiger partial charge is 0.406 e. The predicted octanol–water partition coefficient (Wildman–Crippen LogP) is 3.77. The molecule has 0 amide bonds. The summed E-state index contributed by atoms with van der Waals surface area (Å²) in [6, 6.07) is 6.92. The maximum atomic E-state index is 12.1. The molecule has 0 aliphatic heterocycles. The Labute approximate surface area is 111 Å². The fraction of sp³-hybridized carbons (Fsp3) is 0.0909. The maximum Gasteiger partial charge on any atom is 0.573 e. The van der Waals surface area contributed by atoms with E-state index in [1.165, 1.54) is 30.5 Å². The average molecular weight is 290 g/mol. The largest absolute Gasteiger partial charge is 0.573 e. The first-order valence-electron chi connectivity index (χ1n) is 5.04. The number of ether oxygens (including phenoxy) is 1. The maximum absolute atomic E-state index is 12.1. The van der Waals surface area contributed by atoms with Crippen LogP contribution in [-0.2, 0) is 0 Å². The molecule has 0 aliphatic carbocycles. The summed E-state index contributed by atoms with van der Waals surface area (Å²) in [5.41, 5.74) is 0.386. The van der Waals surface area contributed by atoms with Gasteiger partial charge in [0.1, 0.15) is 11.6 Å². The van der Waals surface area contributed by atoms with Gasteiger partial charge in [-0.25, -0.2) is 9.97 Å². The van der Waals surface area contributed by atoms with Crippen molar-refractivity contribution in [2.75, 3.05) is 5.32 Å². The number of alkyl halides is 3. The van der Waals surface area contributed by atoms with Gasteiger partial charge < -0.3 is 10.1 Å². The monoisotopic (exact) mass is 289 g/mol. The lowest BCUT2D eigenvalue weighted by molar-refractivity contribution is -0.274. The van der Waals surface area contributed by atoms with Gasteiger partial charge in [-0.1, -0.05) is 6.07 Å². The fourth-order valence-electron chi connectivity index (χ4n) is 1.32. The highest BCUT2D eigenvalue weighted by Crippen LogP contribution is 2.26. The number of halogens is 4. The van der Waals surface area contributed by atoms with Crippen LogP contribution in [0.2, 0.25) is 5.28 Å². The van der Waals surface area contributed by atoms with E-state index in [2.05, 4.69) is 20.0 Å². The Morgan fingerprint density at radius 2 is 2.00 bits per heavy atom. The van der Waals surface area contributed by atoms with Crippen LogP contribution in [0, 0.1) is 0 Å². The van der Waals surface area contributed by atoms with E-state index >= 15 is 0 Å². The first-order chi connectivity index (χ1) is 8.92. The third kappa shape index (κ3) is 4.29. The van der Waals surface area contributed by atoms with Crippen LogP contribution in [0.5, 0.6) is 5.75 Å². The van der Waals surface area contributed by atoms with Gasteiger partial charge in [-0.15, -0.1) is 13.2 Å². The van der Waals surface area contributed by atoms with Crippen LogP contribution < -0.4 is 10.1 Å². The molecule has 0 saturated heterocycles. The van der Waals surface area contributed by atoms with E-state index < -0.39 is 6.36 Å². The number of nitrogens with zero attached hydrogens (tertiary/aromatic N) is 2. The van der Waals surface area contributed by atoms with Crippen LogP contribution in [0.25, 0.3) is 0 Å². The average Bonchev–Trinajstić information content (AvgIpc) is 2.27. The lowest BCUT2D eigenvalue weighted by atomic mass is 10.3. The summed E-state index contributed by atoms with van der Waals surface area (Å²) < 4.78 is 40.0. The summed E-state index contributed by atoms with van der Waals surface area (Å²) >= 11 is 5.59. The number of nitrogens with one attached hydrogen (secondary N) is 1. The molecule has 0 saturated carbocycles. The van der Waals surface area contributed by atoms with E-state index in [0.29, 0.717) is 11.5 Å². The lowest BCUT2D eigenvalue weighted by Crippen LogP contribution is -2.17. The first-order valence-corrected chi connectivity index (χ1v) is 5.41. The van der Waals surface area contributed by atoms with Crippen molar-refractivity contribution in [2.24, 2.45) is 0 Å². The van der Waals surface area contributed by atoms with Crippen LogP contribution in [0.3, 0.4) is 0 Å². The zero-order valence-electron chi connectivity index (χ0n) is 9.28. The molecule has 8 heteroatoms. The van der Waals surface area contributed by atoms with E-state index in [0.717, 1.165) is 0 Å². The summed E-state index contributed by atoms with van der Waals surface area (Å²) in [7, 11) is 0. The van der Waals surface area contributed by atoms with Gasteiger partial charge in [0.25, 0.3) is 0 Å². The Balaban J connectivity index is 2.15. The molecule has 0 bridgehead atoms. The molecule has 19 heavy (non-hydrogen) atoms. The Bertz CT molecular complexity index is 577. The Morgan fingerprint density at radius 3 is 2.68 bits per heavy atom. The second kappa shape index (κ2) is 5.31. The summed E-state index contributed by atoms with van der Waals surface area (Å²) in [6.07, 6.45) is -3.30. The number of rotatable bonds is 3. The van der Waals surface area contributed by atoms with Crippen molar-refractivity contribution in [1.82, 2.24) is 9.97 Å². The van der Waals surface area contributed by atoms with Crippen LogP contribution in [0.1, 0.15) is 0 Å². The van der Waals surface area contributed by atoms with Crippen molar-refractivity contribution >= 4 is 23.1 Å². The normalized spacial score (nSPS) is 11.2. The molecule has 0 atom stereocenters. The topological polar surface area (TPSA) is 47.0 Å². The summed E-state index contributed by atoms with van der Waals surface area (Å²) in [4.78, 5) is 7.54. The van der Waals surface area contributed by atoms with Gasteiger partial charge >= 0.3 is 6.36 Å². The Morgan fingerprint density at radius 1 is 1.21 bits per heavy atom. The highest BCUT2D eigenvalue weighted by Gasteiger charge is 2.31. The second-order valence-corrected chi connectivity index (χ2v) is 3.75. The van der Waals surface area contributed by atoms with E-state index in [-0.39, 0.29) is 11.0 Å². The summed E-state index contributed by atoms with van der Waals surface area (Å²) in [5.74, 6) is 0.0433. The predicted molar refractivity (Wildman–Crippen MR) is 63.4 cm³/mol. The van der Waals surface area contributed by atoms with Crippen molar-refractivity contribution in [1.29, 1.82) is 0 Å². The molecule has 0 fully saturated rings. The third-order valence-electron chi connectivity index (χ3n) is 1.97. The number of aromatic nitrogens is 2. The molecule has 2 aromatic rings. The van der Waals surface area contributed by atoms with Crippen LogP contribution in [-0.4, -0.2) is 16.3 Å². The Hall–Kier alpha value is -2.02. The van der Waals surface area contributed by atoms with Gasteiger partial charge in [-0.2, -0.15) is 0 Å². The molecule has 0 aliphatic rings. The van der Waals surface area contributed by atoms with Gasteiger partial charge in [-0.3, -0.25) is 0 Å². The van der Waals surface area contributed by atoms with Gasteiger partial charge in [0.05, 0.1) is 0 Å². The minimum Gasteiger partial charge on any atom is -0.406 e. The van der Waals surface area contributed by atoms with Crippen molar-refractivity contribution in [2.45, 2.75) is 6.36 Å². The van der Waals surface area contributed by atoms with Crippen molar-refractivity contribution in [3.05, 3.63) is 41.8 Å². The zero-order valence-corrected chi connectivity index (χ0v) is 10.0. The Kier molecular flexibility index (Phi) is 3.75. The van der Waals surface area contributed by atoms with Gasteiger partial charge in [0.15, 0.2) is 0 Å².